The molecule has 1 amide bonds. The molecule has 0 spiro atoms. The van der Waals surface area contributed by atoms with Crippen LogP contribution in [-0.2, 0) is 6.42 Å². The largest absolute Gasteiger partial charge is 0.497 e. The molecule has 3 N–H and O–H groups in total. The lowest BCUT2D eigenvalue weighted by atomic mass is 9.74. The monoisotopic (exact) mass is 381 g/mol. The van der Waals surface area contributed by atoms with Gasteiger partial charge >= 0.3 is 0 Å². The highest BCUT2D eigenvalue weighted by molar-refractivity contribution is 5.92. The van der Waals surface area contributed by atoms with Crippen LogP contribution in [0, 0.1) is 5.41 Å². The van der Waals surface area contributed by atoms with Gasteiger partial charge in [-0.1, -0.05) is 13.8 Å². The van der Waals surface area contributed by atoms with Crippen LogP contribution in [0.2, 0.25) is 0 Å². The van der Waals surface area contributed by atoms with Gasteiger partial charge in [0.05, 0.1) is 30.7 Å². The molecule has 2 aromatic heterocycles. The van der Waals surface area contributed by atoms with Crippen molar-refractivity contribution in [2.75, 3.05) is 7.11 Å². The van der Waals surface area contributed by atoms with Crippen molar-refractivity contribution in [3.05, 3.63) is 63.8 Å². The van der Waals surface area contributed by atoms with Crippen molar-refractivity contribution in [2.24, 2.45) is 5.41 Å². The molecule has 1 atom stereocenters. The second kappa shape index (κ2) is 6.70. The van der Waals surface area contributed by atoms with Crippen molar-refractivity contribution in [1.82, 2.24) is 25.3 Å². The summed E-state index contributed by atoms with van der Waals surface area (Å²) in [7, 11) is 1.64. The van der Waals surface area contributed by atoms with Crippen LogP contribution < -0.4 is 15.6 Å². The summed E-state index contributed by atoms with van der Waals surface area (Å²) in [6, 6.07) is 8.80. The Morgan fingerprint density at radius 1 is 1.29 bits per heavy atom. The Morgan fingerprint density at radius 2 is 2.04 bits per heavy atom. The topological polar surface area (TPSA) is 105 Å². The highest BCUT2D eigenvalue weighted by Gasteiger charge is 2.36. The van der Waals surface area contributed by atoms with Crippen molar-refractivity contribution in [3.63, 3.8) is 0 Å². The van der Waals surface area contributed by atoms with Gasteiger partial charge in [-0.05, 0) is 42.5 Å². The summed E-state index contributed by atoms with van der Waals surface area (Å²) in [6.45, 7) is 4.36. The van der Waals surface area contributed by atoms with E-state index in [4.69, 9.17) is 4.74 Å². The van der Waals surface area contributed by atoms with E-state index in [1.54, 1.807) is 7.11 Å². The molecule has 1 aromatic carbocycles. The fourth-order valence-corrected chi connectivity index (χ4v) is 3.81. The molecule has 1 aliphatic rings. The van der Waals surface area contributed by atoms with E-state index in [1.165, 1.54) is 6.07 Å². The molecule has 0 saturated heterocycles. The zero-order valence-corrected chi connectivity index (χ0v) is 16.1. The number of aromatic amines is 2. The molecule has 0 radical (unpaired) electrons. The number of rotatable bonds is 4. The lowest BCUT2D eigenvalue weighted by molar-refractivity contribution is 0.0914. The van der Waals surface area contributed by atoms with Gasteiger partial charge in [0.25, 0.3) is 11.5 Å². The van der Waals surface area contributed by atoms with Gasteiger partial charge < -0.3 is 10.1 Å². The molecule has 4 rings (SSSR count). The van der Waals surface area contributed by atoms with Gasteiger partial charge in [-0.25, -0.2) is 4.68 Å². The zero-order chi connectivity index (χ0) is 19.9. The van der Waals surface area contributed by atoms with Crippen LogP contribution in [0.25, 0.3) is 5.69 Å². The standard InChI is InChI=1S/C20H23N5O3/c1-20(2)9-16(22-19(27)15-8-18(26)24-23-15)14-11-21-25(17(14)10-20)12-4-6-13(28-3)7-5-12/h4-8,11,16H,9-10H2,1-3H3,(H,22,27)(H2,23,24,26)/t16-/m1/s1. The molecule has 1 aliphatic carbocycles. The van der Waals surface area contributed by atoms with E-state index in [0.717, 1.165) is 35.5 Å². The molecule has 8 heteroatoms. The normalized spacial score (nSPS) is 17.8. The van der Waals surface area contributed by atoms with Crippen LogP contribution in [0.3, 0.4) is 0 Å². The van der Waals surface area contributed by atoms with Gasteiger partial charge in [0.15, 0.2) is 0 Å². The Balaban J connectivity index is 1.67. The molecule has 2 heterocycles. The summed E-state index contributed by atoms with van der Waals surface area (Å²) in [5.74, 6) is 0.472. The Morgan fingerprint density at radius 3 is 2.68 bits per heavy atom. The Hall–Kier alpha value is -3.29. The van der Waals surface area contributed by atoms with Crippen molar-refractivity contribution in [3.8, 4) is 11.4 Å². The van der Waals surface area contributed by atoms with Gasteiger partial charge in [0.1, 0.15) is 11.4 Å². The lowest BCUT2D eigenvalue weighted by Gasteiger charge is -2.35. The van der Waals surface area contributed by atoms with Crippen molar-refractivity contribution < 1.29 is 9.53 Å². The number of nitrogens with zero attached hydrogens (tertiary/aromatic N) is 2. The Bertz CT molecular complexity index is 1060. The van der Waals surface area contributed by atoms with Crippen molar-refractivity contribution in [2.45, 2.75) is 32.7 Å². The lowest BCUT2D eigenvalue weighted by Crippen LogP contribution is -2.37. The van der Waals surface area contributed by atoms with Crippen LogP contribution in [0.4, 0.5) is 0 Å². The van der Waals surface area contributed by atoms with E-state index in [1.807, 2.05) is 35.1 Å². The third-order valence-corrected chi connectivity index (χ3v) is 5.14. The molecule has 28 heavy (non-hydrogen) atoms. The average molecular weight is 381 g/mol. The minimum Gasteiger partial charge on any atom is -0.497 e. The van der Waals surface area contributed by atoms with Crippen molar-refractivity contribution in [1.29, 1.82) is 0 Å². The second-order valence-electron chi connectivity index (χ2n) is 7.90. The highest BCUT2D eigenvalue weighted by atomic mass is 16.5. The first-order chi connectivity index (χ1) is 13.4. The number of H-pyrrole nitrogens is 2. The SMILES string of the molecule is COc1ccc(-n2ncc3c2CC(C)(C)C[C@H]3NC(=O)c2cc(=O)[nH][nH]2)cc1. The van der Waals surface area contributed by atoms with Gasteiger partial charge in [0.2, 0.25) is 0 Å². The quantitative estimate of drug-likeness (QED) is 0.645. The summed E-state index contributed by atoms with van der Waals surface area (Å²) >= 11 is 0. The predicted octanol–water partition coefficient (Wildman–Crippen LogP) is 2.34. The number of nitrogens with one attached hydrogen (secondary N) is 3. The van der Waals surface area contributed by atoms with Gasteiger partial charge in [-0.2, -0.15) is 5.10 Å². The number of methoxy groups -OCH3 is 1. The third kappa shape index (κ3) is 3.33. The maximum atomic E-state index is 12.6. The third-order valence-electron chi connectivity index (χ3n) is 5.14. The Labute approximate surface area is 161 Å². The first kappa shape index (κ1) is 18.1. The molecule has 0 aliphatic heterocycles. The van der Waals surface area contributed by atoms with E-state index in [-0.39, 0.29) is 28.6 Å². The zero-order valence-electron chi connectivity index (χ0n) is 16.1. The first-order valence-electron chi connectivity index (χ1n) is 9.16. The highest BCUT2D eigenvalue weighted by Crippen LogP contribution is 2.41. The first-order valence-corrected chi connectivity index (χ1v) is 9.16. The number of hydrogen-bond donors (Lipinski definition) is 3. The number of benzene rings is 1. The van der Waals surface area contributed by atoms with E-state index in [2.05, 4.69) is 34.5 Å². The van der Waals surface area contributed by atoms with Crippen LogP contribution in [-0.4, -0.2) is 33.0 Å². The second-order valence-corrected chi connectivity index (χ2v) is 7.90. The maximum absolute atomic E-state index is 12.6. The number of aromatic nitrogens is 4. The summed E-state index contributed by atoms with van der Waals surface area (Å²) in [4.78, 5) is 23.9. The number of carbonyl (C=O) groups is 1. The number of ether oxygens (including phenoxy) is 1. The molecule has 0 fully saturated rings. The molecule has 3 aromatic rings. The minimum absolute atomic E-state index is 0.0131. The fourth-order valence-electron chi connectivity index (χ4n) is 3.81. The maximum Gasteiger partial charge on any atom is 0.269 e. The smallest absolute Gasteiger partial charge is 0.269 e. The van der Waals surface area contributed by atoms with Crippen LogP contribution in [0.5, 0.6) is 5.75 Å². The van der Waals surface area contributed by atoms with Gasteiger partial charge in [-0.3, -0.25) is 19.8 Å². The number of carbonyl (C=O) groups excluding carboxylic acids is 1. The molecule has 146 valence electrons. The summed E-state index contributed by atoms with van der Waals surface area (Å²) in [5.41, 5.74) is 2.90. The van der Waals surface area contributed by atoms with E-state index >= 15 is 0 Å². The van der Waals surface area contributed by atoms with Crippen LogP contribution in [0.15, 0.2) is 41.3 Å². The predicted molar refractivity (Wildman–Crippen MR) is 104 cm³/mol. The van der Waals surface area contributed by atoms with E-state index in [0.29, 0.717) is 0 Å². The number of amides is 1. The van der Waals surface area contributed by atoms with Gasteiger partial charge in [-0.15, -0.1) is 0 Å². The summed E-state index contributed by atoms with van der Waals surface area (Å²) in [6.07, 6.45) is 3.45. The van der Waals surface area contributed by atoms with Crippen LogP contribution >= 0.6 is 0 Å². The molecule has 0 unspecified atom stereocenters. The molecule has 8 nitrogen and oxygen atoms in total. The van der Waals surface area contributed by atoms with Crippen molar-refractivity contribution >= 4 is 5.91 Å². The minimum atomic E-state index is -0.331. The Kier molecular flexibility index (Phi) is 4.33. The molecular weight excluding hydrogens is 358 g/mol. The summed E-state index contributed by atoms with van der Waals surface area (Å²) < 4.78 is 7.16. The molecule has 0 saturated carbocycles. The molecular formula is C20H23N5O3. The average Bonchev–Trinajstić information content (AvgIpc) is 3.27. The van der Waals surface area contributed by atoms with E-state index in [9.17, 15) is 9.59 Å². The van der Waals surface area contributed by atoms with Crippen LogP contribution in [0.1, 0.15) is 48.1 Å². The number of fused-ring (bicyclic) bond motifs is 1. The van der Waals surface area contributed by atoms with Gasteiger partial charge in [0, 0.05) is 11.6 Å². The van der Waals surface area contributed by atoms with E-state index < -0.39 is 0 Å². The fraction of sp³-hybridized carbons (Fsp3) is 0.350. The summed E-state index contributed by atoms with van der Waals surface area (Å²) in [5, 5.41) is 12.6. The number of hydrogen-bond acceptors (Lipinski definition) is 4. The molecule has 0 bridgehead atoms.